The molecule has 5 nitrogen and oxygen atoms in total. The van der Waals surface area contributed by atoms with Crippen LogP contribution >= 0.6 is 24.0 Å². The molecule has 0 spiro atoms. The number of nitrogens with zero attached hydrogens (tertiary/aromatic N) is 2. The molecule has 1 aliphatic heterocycles. The number of fused-ring (bicyclic) bond motifs is 1. The van der Waals surface area contributed by atoms with Crippen LogP contribution in [0.15, 0.2) is 29.3 Å². The van der Waals surface area contributed by atoms with Crippen LogP contribution in [0.1, 0.15) is 51.7 Å². The number of unbranched alkanes of at least 4 members (excludes halogenated alkanes) is 1. The Kier molecular flexibility index (Phi) is 12.0. The van der Waals surface area contributed by atoms with Crippen molar-refractivity contribution in [1.82, 2.24) is 15.5 Å². The smallest absolute Gasteiger partial charge is 0.191 e. The van der Waals surface area contributed by atoms with Gasteiger partial charge in [0.1, 0.15) is 0 Å². The average molecular weight is 502 g/mol. The molecule has 1 heterocycles. The Morgan fingerprint density at radius 1 is 1.14 bits per heavy atom. The summed E-state index contributed by atoms with van der Waals surface area (Å²) >= 11 is 0. The van der Waals surface area contributed by atoms with E-state index < -0.39 is 0 Å². The first kappa shape index (κ1) is 25.2. The summed E-state index contributed by atoms with van der Waals surface area (Å²) in [5.41, 5.74) is 2.99. The van der Waals surface area contributed by atoms with Gasteiger partial charge in [0.15, 0.2) is 5.96 Å². The lowest BCUT2D eigenvalue weighted by Gasteiger charge is -2.40. The molecule has 160 valence electrons. The van der Waals surface area contributed by atoms with Crippen LogP contribution in [0.4, 0.5) is 0 Å². The standard InChI is InChI=1S/C22H38N4O.HI/c1-5-23-21(24-14-9-10-16-27-6-2)25-18-22(3,4)26-15-13-19-11-7-8-12-20(19)17-26;/h7-8,11-12H,5-6,9-10,13-18H2,1-4H3,(H2,23,24,25);1H. The van der Waals surface area contributed by atoms with Crippen LogP contribution in [-0.2, 0) is 17.7 Å². The van der Waals surface area contributed by atoms with Gasteiger partial charge in [0.25, 0.3) is 0 Å². The molecule has 0 atom stereocenters. The molecule has 1 aromatic rings. The van der Waals surface area contributed by atoms with Gasteiger partial charge in [-0.25, -0.2) is 0 Å². The first-order valence-electron chi connectivity index (χ1n) is 10.5. The Labute approximate surface area is 188 Å². The van der Waals surface area contributed by atoms with Crippen LogP contribution in [0.25, 0.3) is 0 Å². The molecule has 1 aliphatic rings. The molecule has 0 aromatic heterocycles. The van der Waals surface area contributed by atoms with E-state index in [1.807, 2.05) is 6.92 Å². The summed E-state index contributed by atoms with van der Waals surface area (Å²) < 4.78 is 5.39. The van der Waals surface area contributed by atoms with Crippen LogP contribution in [0.2, 0.25) is 0 Å². The number of halogens is 1. The van der Waals surface area contributed by atoms with E-state index >= 15 is 0 Å². The van der Waals surface area contributed by atoms with Crippen molar-refractivity contribution in [3.05, 3.63) is 35.4 Å². The topological polar surface area (TPSA) is 48.9 Å². The molecule has 0 unspecified atom stereocenters. The number of ether oxygens (including phenoxy) is 1. The predicted molar refractivity (Wildman–Crippen MR) is 130 cm³/mol. The lowest BCUT2D eigenvalue weighted by Crippen LogP contribution is -2.49. The molecule has 28 heavy (non-hydrogen) atoms. The lowest BCUT2D eigenvalue weighted by molar-refractivity contribution is 0.111. The Morgan fingerprint density at radius 2 is 1.89 bits per heavy atom. The van der Waals surface area contributed by atoms with Crippen molar-refractivity contribution in [3.63, 3.8) is 0 Å². The van der Waals surface area contributed by atoms with Gasteiger partial charge in [0.05, 0.1) is 6.54 Å². The molecule has 0 saturated heterocycles. The number of benzene rings is 1. The molecule has 0 amide bonds. The van der Waals surface area contributed by atoms with E-state index in [0.29, 0.717) is 0 Å². The molecule has 0 fully saturated rings. The zero-order valence-electron chi connectivity index (χ0n) is 18.1. The van der Waals surface area contributed by atoms with E-state index in [1.54, 1.807) is 0 Å². The van der Waals surface area contributed by atoms with Crippen LogP contribution in [0.3, 0.4) is 0 Å². The maximum Gasteiger partial charge on any atom is 0.191 e. The van der Waals surface area contributed by atoms with Crippen molar-refractivity contribution in [1.29, 1.82) is 0 Å². The van der Waals surface area contributed by atoms with Crippen LogP contribution in [0.5, 0.6) is 0 Å². The van der Waals surface area contributed by atoms with Gasteiger partial charge in [-0.05, 0) is 58.1 Å². The van der Waals surface area contributed by atoms with Gasteiger partial charge in [-0.15, -0.1) is 24.0 Å². The molecule has 0 saturated carbocycles. The highest BCUT2D eigenvalue weighted by atomic mass is 127. The molecule has 2 N–H and O–H groups in total. The largest absolute Gasteiger partial charge is 0.382 e. The molecule has 6 heteroatoms. The minimum absolute atomic E-state index is 0. The van der Waals surface area contributed by atoms with E-state index in [4.69, 9.17) is 9.73 Å². The summed E-state index contributed by atoms with van der Waals surface area (Å²) in [6.07, 6.45) is 3.30. The Balaban J connectivity index is 0.00000392. The first-order valence-corrected chi connectivity index (χ1v) is 10.5. The van der Waals surface area contributed by atoms with E-state index in [-0.39, 0.29) is 29.5 Å². The van der Waals surface area contributed by atoms with Crippen molar-refractivity contribution in [3.8, 4) is 0 Å². The van der Waals surface area contributed by atoms with Gasteiger partial charge in [-0.1, -0.05) is 24.3 Å². The predicted octanol–water partition coefficient (Wildman–Crippen LogP) is 3.81. The van der Waals surface area contributed by atoms with Crippen molar-refractivity contribution in [2.24, 2.45) is 4.99 Å². The summed E-state index contributed by atoms with van der Waals surface area (Å²) in [4.78, 5) is 7.43. The van der Waals surface area contributed by atoms with Crippen molar-refractivity contribution >= 4 is 29.9 Å². The molecule has 2 rings (SSSR count). The second-order valence-electron chi connectivity index (χ2n) is 7.78. The van der Waals surface area contributed by atoms with Crippen LogP contribution < -0.4 is 10.6 Å². The average Bonchev–Trinajstić information content (AvgIpc) is 2.68. The molecular formula is C22H39IN4O. The number of guanidine groups is 1. The molecule has 0 radical (unpaired) electrons. The number of hydrogen-bond acceptors (Lipinski definition) is 3. The maximum atomic E-state index is 5.39. The third kappa shape index (κ3) is 8.25. The highest BCUT2D eigenvalue weighted by molar-refractivity contribution is 14.0. The maximum absolute atomic E-state index is 5.39. The minimum Gasteiger partial charge on any atom is -0.382 e. The highest BCUT2D eigenvalue weighted by Gasteiger charge is 2.29. The van der Waals surface area contributed by atoms with Crippen molar-refractivity contribution < 1.29 is 4.74 Å². The summed E-state index contributed by atoms with van der Waals surface area (Å²) in [7, 11) is 0. The van der Waals surface area contributed by atoms with Crippen LogP contribution in [-0.4, -0.2) is 55.8 Å². The minimum atomic E-state index is 0. The van der Waals surface area contributed by atoms with Crippen molar-refractivity contribution in [2.45, 2.75) is 59.0 Å². The number of aliphatic imine (C=N–C) groups is 1. The van der Waals surface area contributed by atoms with Gasteiger partial charge >= 0.3 is 0 Å². The number of nitrogens with one attached hydrogen (secondary N) is 2. The second kappa shape index (κ2) is 13.4. The van der Waals surface area contributed by atoms with Crippen molar-refractivity contribution in [2.75, 3.05) is 39.4 Å². The first-order chi connectivity index (χ1) is 13.1. The van der Waals surface area contributed by atoms with E-state index in [1.165, 1.54) is 11.1 Å². The van der Waals surface area contributed by atoms with Gasteiger partial charge in [-0.2, -0.15) is 0 Å². The van der Waals surface area contributed by atoms with Crippen LogP contribution in [0, 0.1) is 0 Å². The fourth-order valence-electron chi connectivity index (χ4n) is 3.41. The van der Waals surface area contributed by atoms with Gasteiger partial charge in [0.2, 0.25) is 0 Å². The Morgan fingerprint density at radius 3 is 2.61 bits per heavy atom. The SMILES string of the molecule is CCNC(=NCC(C)(C)N1CCc2ccccc2C1)NCCCCOCC.I. The van der Waals surface area contributed by atoms with Gasteiger partial charge < -0.3 is 15.4 Å². The summed E-state index contributed by atoms with van der Waals surface area (Å²) in [5, 5.41) is 6.82. The number of rotatable bonds is 10. The normalized spacial score (nSPS) is 14.9. The fourth-order valence-corrected chi connectivity index (χ4v) is 3.41. The third-order valence-electron chi connectivity index (χ3n) is 5.17. The zero-order chi connectivity index (χ0) is 19.5. The van der Waals surface area contributed by atoms with Gasteiger partial charge in [0, 0.05) is 44.9 Å². The molecule has 1 aromatic carbocycles. The van der Waals surface area contributed by atoms with E-state index in [0.717, 1.165) is 71.2 Å². The summed E-state index contributed by atoms with van der Waals surface area (Å²) in [5.74, 6) is 0.916. The highest BCUT2D eigenvalue weighted by Crippen LogP contribution is 2.25. The second-order valence-corrected chi connectivity index (χ2v) is 7.78. The van der Waals surface area contributed by atoms with E-state index in [2.05, 4.69) is 60.6 Å². The number of hydrogen-bond donors (Lipinski definition) is 2. The fraction of sp³-hybridized carbons (Fsp3) is 0.682. The molecule has 0 aliphatic carbocycles. The molecule has 0 bridgehead atoms. The summed E-state index contributed by atoms with van der Waals surface area (Å²) in [6, 6.07) is 8.81. The summed E-state index contributed by atoms with van der Waals surface area (Å²) in [6.45, 7) is 15.1. The quantitative estimate of drug-likeness (QED) is 0.221. The third-order valence-corrected chi connectivity index (χ3v) is 5.17. The van der Waals surface area contributed by atoms with E-state index in [9.17, 15) is 0 Å². The Hall–Kier alpha value is -0.860. The lowest BCUT2D eigenvalue weighted by atomic mass is 9.94. The zero-order valence-corrected chi connectivity index (χ0v) is 20.4. The van der Waals surface area contributed by atoms with Gasteiger partial charge in [-0.3, -0.25) is 9.89 Å². The Bertz CT molecular complexity index is 592. The monoisotopic (exact) mass is 502 g/mol. The molecular weight excluding hydrogens is 463 g/mol.